The van der Waals surface area contributed by atoms with E-state index in [0.29, 0.717) is 15.7 Å². The van der Waals surface area contributed by atoms with Crippen LogP contribution in [0.2, 0.25) is 10.0 Å². The van der Waals surface area contributed by atoms with Crippen molar-refractivity contribution in [3.8, 4) is 0 Å². The van der Waals surface area contributed by atoms with Crippen molar-refractivity contribution >= 4 is 50.5 Å². The molecule has 17 heavy (non-hydrogen) atoms. The number of halogens is 3. The van der Waals surface area contributed by atoms with Crippen LogP contribution < -0.4 is 11.3 Å². The average molecular weight is 353 g/mol. The molecule has 0 bridgehead atoms. The van der Waals surface area contributed by atoms with Crippen molar-refractivity contribution in [2.75, 3.05) is 0 Å². The molecular formula is C10H8BrCl2N3S. The fourth-order valence-electron chi connectivity index (χ4n) is 1.43. The van der Waals surface area contributed by atoms with Crippen LogP contribution in [-0.2, 0) is 0 Å². The number of nitrogens with zero attached hydrogens (tertiary/aromatic N) is 1. The van der Waals surface area contributed by atoms with Crippen LogP contribution in [0.3, 0.4) is 0 Å². The van der Waals surface area contributed by atoms with Crippen molar-refractivity contribution < 1.29 is 0 Å². The Morgan fingerprint density at radius 3 is 2.76 bits per heavy atom. The molecule has 0 amide bonds. The first-order chi connectivity index (χ1) is 8.13. The standard InChI is InChI=1S/C10H8BrCl2N3S/c11-6-1-2-17-10(6)9(16-14)8-7(13)3-5(12)4-15-8/h1-4,9,16H,14H2. The van der Waals surface area contributed by atoms with Crippen molar-refractivity contribution in [3.63, 3.8) is 0 Å². The molecule has 1 unspecified atom stereocenters. The van der Waals surface area contributed by atoms with E-state index in [9.17, 15) is 0 Å². The van der Waals surface area contributed by atoms with Crippen molar-refractivity contribution in [2.45, 2.75) is 6.04 Å². The number of thiophene rings is 1. The maximum atomic E-state index is 6.12. The molecule has 90 valence electrons. The van der Waals surface area contributed by atoms with Crippen molar-refractivity contribution in [1.29, 1.82) is 0 Å². The summed E-state index contributed by atoms with van der Waals surface area (Å²) in [6, 6.07) is 3.35. The smallest absolute Gasteiger partial charge is 0.0999 e. The monoisotopic (exact) mass is 351 g/mol. The van der Waals surface area contributed by atoms with Gasteiger partial charge in [-0.15, -0.1) is 11.3 Å². The summed E-state index contributed by atoms with van der Waals surface area (Å²) in [5.74, 6) is 5.58. The van der Waals surface area contributed by atoms with E-state index in [1.807, 2.05) is 11.4 Å². The summed E-state index contributed by atoms with van der Waals surface area (Å²) in [6.07, 6.45) is 1.55. The second kappa shape index (κ2) is 5.65. The molecule has 0 fully saturated rings. The van der Waals surface area contributed by atoms with Gasteiger partial charge < -0.3 is 0 Å². The van der Waals surface area contributed by atoms with Gasteiger partial charge >= 0.3 is 0 Å². The predicted octanol–water partition coefficient (Wildman–Crippen LogP) is 3.77. The number of hydrogen-bond donors (Lipinski definition) is 2. The summed E-state index contributed by atoms with van der Waals surface area (Å²) in [7, 11) is 0. The number of aromatic nitrogens is 1. The van der Waals surface area contributed by atoms with E-state index >= 15 is 0 Å². The fourth-order valence-corrected chi connectivity index (χ4v) is 3.58. The zero-order valence-corrected chi connectivity index (χ0v) is 12.4. The fraction of sp³-hybridized carbons (Fsp3) is 0.100. The summed E-state index contributed by atoms with van der Waals surface area (Å²) in [5, 5.41) is 2.95. The Morgan fingerprint density at radius 1 is 1.47 bits per heavy atom. The predicted molar refractivity (Wildman–Crippen MR) is 75.4 cm³/mol. The molecule has 2 aromatic heterocycles. The molecule has 0 radical (unpaired) electrons. The zero-order chi connectivity index (χ0) is 12.4. The van der Waals surface area contributed by atoms with Crippen LogP contribution in [0.25, 0.3) is 0 Å². The topological polar surface area (TPSA) is 50.9 Å². The quantitative estimate of drug-likeness (QED) is 0.653. The lowest BCUT2D eigenvalue weighted by Gasteiger charge is -2.15. The average Bonchev–Trinajstić information content (AvgIpc) is 2.69. The Morgan fingerprint density at radius 2 is 2.24 bits per heavy atom. The Balaban J connectivity index is 2.46. The van der Waals surface area contributed by atoms with E-state index in [0.717, 1.165) is 9.35 Å². The highest BCUT2D eigenvalue weighted by atomic mass is 79.9. The van der Waals surface area contributed by atoms with Crippen LogP contribution in [0, 0.1) is 0 Å². The SMILES string of the molecule is NNC(c1ncc(Cl)cc1Cl)c1sccc1Br. The molecule has 0 aliphatic rings. The Labute approximate surface area is 121 Å². The van der Waals surface area contributed by atoms with Gasteiger partial charge in [0.15, 0.2) is 0 Å². The normalized spacial score (nSPS) is 12.7. The second-order valence-electron chi connectivity index (χ2n) is 3.25. The molecule has 0 saturated heterocycles. The van der Waals surface area contributed by atoms with Gasteiger partial charge in [-0.05, 0) is 33.4 Å². The zero-order valence-electron chi connectivity index (χ0n) is 8.45. The van der Waals surface area contributed by atoms with Crippen LogP contribution in [-0.4, -0.2) is 4.98 Å². The molecule has 0 aliphatic carbocycles. The third kappa shape index (κ3) is 2.81. The minimum atomic E-state index is -0.255. The second-order valence-corrected chi connectivity index (χ2v) is 5.90. The maximum absolute atomic E-state index is 6.12. The van der Waals surface area contributed by atoms with Crippen LogP contribution in [0.4, 0.5) is 0 Å². The lowest BCUT2D eigenvalue weighted by atomic mass is 10.1. The summed E-state index contributed by atoms with van der Waals surface area (Å²) in [5.41, 5.74) is 3.37. The Kier molecular flexibility index (Phi) is 4.41. The molecular weight excluding hydrogens is 345 g/mol. The van der Waals surface area contributed by atoms with Crippen molar-refractivity contribution in [2.24, 2.45) is 5.84 Å². The maximum Gasteiger partial charge on any atom is 0.0999 e. The van der Waals surface area contributed by atoms with E-state index in [1.165, 1.54) is 0 Å². The number of pyridine rings is 1. The van der Waals surface area contributed by atoms with E-state index in [4.69, 9.17) is 29.0 Å². The van der Waals surface area contributed by atoms with E-state index < -0.39 is 0 Å². The minimum absolute atomic E-state index is 0.255. The first-order valence-corrected chi connectivity index (χ1v) is 7.06. The number of rotatable bonds is 3. The summed E-state index contributed by atoms with van der Waals surface area (Å²) in [6.45, 7) is 0. The van der Waals surface area contributed by atoms with Gasteiger partial charge in [-0.25, -0.2) is 5.43 Å². The van der Waals surface area contributed by atoms with Crippen LogP contribution in [0.15, 0.2) is 28.2 Å². The largest absolute Gasteiger partial charge is 0.270 e. The van der Waals surface area contributed by atoms with Gasteiger partial charge in [0.2, 0.25) is 0 Å². The van der Waals surface area contributed by atoms with Crippen LogP contribution >= 0.6 is 50.5 Å². The lowest BCUT2D eigenvalue weighted by Crippen LogP contribution is -2.29. The van der Waals surface area contributed by atoms with Gasteiger partial charge in [-0.2, -0.15) is 0 Å². The highest BCUT2D eigenvalue weighted by Gasteiger charge is 2.20. The summed E-state index contributed by atoms with van der Waals surface area (Å²) in [4.78, 5) is 5.24. The van der Waals surface area contributed by atoms with Gasteiger partial charge in [0.1, 0.15) is 0 Å². The third-order valence-electron chi connectivity index (χ3n) is 2.18. The molecule has 0 spiro atoms. The first-order valence-electron chi connectivity index (χ1n) is 4.63. The molecule has 2 rings (SSSR count). The number of hydrazine groups is 1. The molecule has 0 aliphatic heterocycles. The number of hydrogen-bond acceptors (Lipinski definition) is 4. The molecule has 2 aromatic rings. The van der Waals surface area contributed by atoms with Crippen molar-refractivity contribution in [3.05, 3.63) is 48.8 Å². The molecule has 3 nitrogen and oxygen atoms in total. The van der Waals surface area contributed by atoms with Gasteiger partial charge in [0.05, 0.1) is 21.8 Å². The molecule has 7 heteroatoms. The lowest BCUT2D eigenvalue weighted by molar-refractivity contribution is 0.628. The first kappa shape index (κ1) is 13.3. The summed E-state index contributed by atoms with van der Waals surface area (Å²) < 4.78 is 0.971. The summed E-state index contributed by atoms with van der Waals surface area (Å²) >= 11 is 17.0. The third-order valence-corrected chi connectivity index (χ3v) is 4.63. The Bertz CT molecular complexity index is 532. The molecule has 0 aromatic carbocycles. The van der Waals surface area contributed by atoms with Crippen molar-refractivity contribution in [1.82, 2.24) is 10.4 Å². The van der Waals surface area contributed by atoms with Gasteiger partial charge in [0, 0.05) is 15.5 Å². The van der Waals surface area contributed by atoms with Crippen LogP contribution in [0.5, 0.6) is 0 Å². The van der Waals surface area contributed by atoms with Gasteiger partial charge in [0.25, 0.3) is 0 Å². The number of nitrogens with one attached hydrogen (secondary N) is 1. The highest BCUT2D eigenvalue weighted by molar-refractivity contribution is 9.10. The molecule has 1 atom stereocenters. The molecule has 2 heterocycles. The molecule has 3 N–H and O–H groups in total. The molecule has 0 saturated carbocycles. The van der Waals surface area contributed by atoms with Gasteiger partial charge in [-0.3, -0.25) is 10.8 Å². The van der Waals surface area contributed by atoms with E-state index in [1.54, 1.807) is 23.6 Å². The van der Waals surface area contributed by atoms with Crippen LogP contribution in [0.1, 0.15) is 16.6 Å². The Hall–Kier alpha value is -0.170. The van der Waals surface area contributed by atoms with E-state index in [-0.39, 0.29) is 6.04 Å². The minimum Gasteiger partial charge on any atom is -0.270 e. The number of nitrogens with two attached hydrogens (primary N) is 1. The van der Waals surface area contributed by atoms with E-state index in [2.05, 4.69) is 26.3 Å². The highest BCUT2D eigenvalue weighted by Crippen LogP contribution is 2.35. The van der Waals surface area contributed by atoms with Gasteiger partial charge in [-0.1, -0.05) is 23.2 Å².